The van der Waals surface area contributed by atoms with E-state index in [1.54, 1.807) is 38.5 Å². The van der Waals surface area contributed by atoms with Gasteiger partial charge in [0.15, 0.2) is 11.5 Å². The van der Waals surface area contributed by atoms with Crippen molar-refractivity contribution >= 4 is 11.8 Å². The fraction of sp³-hybridized carbons (Fsp3) is 0.263. The van der Waals surface area contributed by atoms with Crippen LogP contribution in [0.25, 0.3) is 0 Å². The summed E-state index contributed by atoms with van der Waals surface area (Å²) in [5.74, 6) is -0.782. The summed E-state index contributed by atoms with van der Waals surface area (Å²) in [5.41, 5.74) is 1.24. The summed E-state index contributed by atoms with van der Waals surface area (Å²) in [7, 11) is 3.10. The van der Waals surface area contributed by atoms with Gasteiger partial charge in [0.25, 0.3) is 0 Å². The van der Waals surface area contributed by atoms with Crippen LogP contribution in [0.5, 0.6) is 11.5 Å². The molecule has 0 unspecified atom stereocenters. The highest BCUT2D eigenvalue weighted by atomic mass is 19.1. The Bertz CT molecular complexity index is 780. The number of nitrogens with one attached hydrogen (secondary N) is 2. The maximum atomic E-state index is 13.5. The zero-order chi connectivity index (χ0) is 18.9. The molecule has 0 saturated heterocycles. The molecule has 0 radical (unpaired) electrons. The molecule has 0 aliphatic heterocycles. The first-order valence-electron chi connectivity index (χ1n) is 8.05. The van der Waals surface area contributed by atoms with E-state index < -0.39 is 17.6 Å². The molecule has 2 aromatic carbocycles. The Morgan fingerprint density at radius 3 is 2.35 bits per heavy atom. The topological polar surface area (TPSA) is 76.7 Å². The third-order valence-corrected chi connectivity index (χ3v) is 3.75. The minimum absolute atomic E-state index is 0.0470. The van der Waals surface area contributed by atoms with Crippen molar-refractivity contribution in [2.75, 3.05) is 20.8 Å². The highest BCUT2D eigenvalue weighted by Crippen LogP contribution is 2.27. The van der Waals surface area contributed by atoms with Crippen LogP contribution in [0, 0.1) is 5.82 Å². The van der Waals surface area contributed by atoms with E-state index in [1.165, 1.54) is 6.07 Å². The third kappa shape index (κ3) is 5.20. The van der Waals surface area contributed by atoms with Crippen LogP contribution in [0.2, 0.25) is 0 Å². The van der Waals surface area contributed by atoms with Gasteiger partial charge in [0.2, 0.25) is 0 Å². The highest BCUT2D eigenvalue weighted by molar-refractivity contribution is 6.35. The van der Waals surface area contributed by atoms with Gasteiger partial charge in [0, 0.05) is 18.7 Å². The Balaban J connectivity index is 1.79. The van der Waals surface area contributed by atoms with Crippen LogP contribution in [-0.4, -0.2) is 32.6 Å². The minimum atomic E-state index is -0.805. The van der Waals surface area contributed by atoms with Crippen molar-refractivity contribution in [3.63, 3.8) is 0 Å². The zero-order valence-electron chi connectivity index (χ0n) is 14.7. The van der Waals surface area contributed by atoms with Crippen LogP contribution < -0.4 is 20.1 Å². The molecule has 0 saturated carbocycles. The van der Waals surface area contributed by atoms with Gasteiger partial charge in [-0.2, -0.15) is 0 Å². The zero-order valence-corrected chi connectivity index (χ0v) is 14.7. The number of carbonyl (C=O) groups is 2. The number of amides is 2. The molecular formula is C19H21FN2O4. The molecule has 0 bridgehead atoms. The number of rotatable bonds is 7. The molecule has 138 valence electrons. The van der Waals surface area contributed by atoms with Crippen LogP contribution in [0.4, 0.5) is 4.39 Å². The molecule has 0 aliphatic rings. The summed E-state index contributed by atoms with van der Waals surface area (Å²) in [6, 6.07) is 11.5. The molecule has 0 heterocycles. The lowest BCUT2D eigenvalue weighted by atomic mass is 10.1. The van der Waals surface area contributed by atoms with Gasteiger partial charge < -0.3 is 20.1 Å². The number of carbonyl (C=O) groups excluding carboxylic acids is 2. The smallest absolute Gasteiger partial charge is 0.309 e. The lowest BCUT2D eigenvalue weighted by molar-refractivity contribution is -0.139. The van der Waals surface area contributed by atoms with E-state index >= 15 is 0 Å². The van der Waals surface area contributed by atoms with Gasteiger partial charge in [-0.25, -0.2) is 4.39 Å². The molecule has 0 aliphatic carbocycles. The van der Waals surface area contributed by atoms with Crippen molar-refractivity contribution in [1.82, 2.24) is 10.6 Å². The number of hydrogen-bond donors (Lipinski definition) is 2. The molecule has 2 amide bonds. The number of benzene rings is 2. The first-order chi connectivity index (χ1) is 12.5. The van der Waals surface area contributed by atoms with E-state index in [2.05, 4.69) is 10.6 Å². The van der Waals surface area contributed by atoms with Crippen LogP contribution >= 0.6 is 0 Å². The number of hydrogen-bond acceptors (Lipinski definition) is 4. The van der Waals surface area contributed by atoms with E-state index in [0.29, 0.717) is 23.5 Å². The average molecular weight is 360 g/mol. The summed E-state index contributed by atoms with van der Waals surface area (Å²) in [6.07, 6.45) is 0.521. The molecule has 2 rings (SSSR count). The molecular weight excluding hydrogens is 339 g/mol. The average Bonchev–Trinajstić information content (AvgIpc) is 2.66. The summed E-state index contributed by atoms with van der Waals surface area (Å²) in [4.78, 5) is 23.6. The first-order valence-corrected chi connectivity index (χ1v) is 8.05. The fourth-order valence-corrected chi connectivity index (χ4v) is 2.33. The normalized spacial score (nSPS) is 10.1. The molecule has 0 aromatic heterocycles. The Hall–Kier alpha value is -3.09. The minimum Gasteiger partial charge on any atom is -0.493 e. The summed E-state index contributed by atoms with van der Waals surface area (Å²) in [5, 5.41) is 4.93. The predicted molar refractivity (Wildman–Crippen MR) is 94.5 cm³/mol. The quantitative estimate of drug-likeness (QED) is 0.739. The second kappa shape index (κ2) is 9.41. The Morgan fingerprint density at radius 2 is 1.65 bits per heavy atom. The maximum Gasteiger partial charge on any atom is 0.309 e. The number of ether oxygens (including phenoxy) is 2. The molecule has 26 heavy (non-hydrogen) atoms. The largest absolute Gasteiger partial charge is 0.493 e. The van der Waals surface area contributed by atoms with Gasteiger partial charge >= 0.3 is 11.8 Å². The SMILES string of the molecule is COc1ccc(CCNC(=O)C(=O)NCc2ccccc2F)cc1OC. The number of halogens is 1. The van der Waals surface area contributed by atoms with Crippen molar-refractivity contribution < 1.29 is 23.5 Å². The van der Waals surface area contributed by atoms with Gasteiger partial charge in [0.1, 0.15) is 5.82 Å². The van der Waals surface area contributed by atoms with Gasteiger partial charge in [-0.15, -0.1) is 0 Å². The Kier molecular flexibility index (Phi) is 6.96. The molecule has 2 N–H and O–H groups in total. The van der Waals surface area contributed by atoms with Gasteiger partial charge in [-0.05, 0) is 30.2 Å². The molecule has 6 nitrogen and oxygen atoms in total. The van der Waals surface area contributed by atoms with Crippen molar-refractivity contribution in [3.05, 3.63) is 59.4 Å². The molecule has 0 fully saturated rings. The second-order valence-corrected chi connectivity index (χ2v) is 5.47. The standard InChI is InChI=1S/C19H21FN2O4/c1-25-16-8-7-13(11-17(16)26-2)9-10-21-18(23)19(24)22-12-14-5-3-4-6-15(14)20/h3-8,11H,9-10,12H2,1-2H3,(H,21,23)(H,22,24). The molecule has 2 aromatic rings. The van der Waals surface area contributed by atoms with Gasteiger partial charge in [-0.1, -0.05) is 24.3 Å². The van der Waals surface area contributed by atoms with Crippen molar-refractivity contribution in [2.24, 2.45) is 0 Å². The Labute approximate surface area is 151 Å². The second-order valence-electron chi connectivity index (χ2n) is 5.47. The van der Waals surface area contributed by atoms with Crippen LogP contribution in [0.15, 0.2) is 42.5 Å². The van der Waals surface area contributed by atoms with Crippen molar-refractivity contribution in [3.8, 4) is 11.5 Å². The van der Waals surface area contributed by atoms with Crippen LogP contribution in [0.1, 0.15) is 11.1 Å². The Morgan fingerprint density at radius 1 is 0.962 bits per heavy atom. The third-order valence-electron chi connectivity index (χ3n) is 3.75. The van der Waals surface area contributed by atoms with Gasteiger partial charge in [0.05, 0.1) is 14.2 Å². The van der Waals surface area contributed by atoms with E-state index in [4.69, 9.17) is 9.47 Å². The fourth-order valence-electron chi connectivity index (χ4n) is 2.33. The van der Waals surface area contributed by atoms with Crippen LogP contribution in [-0.2, 0) is 22.6 Å². The van der Waals surface area contributed by atoms with E-state index in [0.717, 1.165) is 5.56 Å². The summed E-state index contributed by atoms with van der Waals surface area (Å²) < 4.78 is 23.9. The molecule has 0 spiro atoms. The molecule has 0 atom stereocenters. The maximum absolute atomic E-state index is 13.5. The van der Waals surface area contributed by atoms with Crippen molar-refractivity contribution in [2.45, 2.75) is 13.0 Å². The van der Waals surface area contributed by atoms with E-state index in [9.17, 15) is 14.0 Å². The summed E-state index contributed by atoms with van der Waals surface area (Å²) in [6.45, 7) is 0.232. The lowest BCUT2D eigenvalue weighted by Crippen LogP contribution is -2.40. The van der Waals surface area contributed by atoms with Crippen LogP contribution in [0.3, 0.4) is 0 Å². The first kappa shape index (κ1) is 19.2. The van der Waals surface area contributed by atoms with E-state index in [1.807, 2.05) is 12.1 Å². The van der Waals surface area contributed by atoms with Crippen molar-refractivity contribution in [1.29, 1.82) is 0 Å². The monoisotopic (exact) mass is 360 g/mol. The van der Waals surface area contributed by atoms with E-state index in [-0.39, 0.29) is 13.1 Å². The van der Waals surface area contributed by atoms with Gasteiger partial charge in [-0.3, -0.25) is 9.59 Å². The highest BCUT2D eigenvalue weighted by Gasteiger charge is 2.13. The summed E-state index contributed by atoms with van der Waals surface area (Å²) >= 11 is 0. The molecule has 7 heteroatoms. The lowest BCUT2D eigenvalue weighted by Gasteiger charge is -2.10. The number of methoxy groups -OCH3 is 2. The predicted octanol–water partition coefficient (Wildman–Crippen LogP) is 1.82.